The van der Waals surface area contributed by atoms with E-state index in [0.29, 0.717) is 0 Å². The lowest BCUT2D eigenvalue weighted by atomic mass is 9.97. The van der Waals surface area contributed by atoms with E-state index < -0.39 is 36.3 Å². The van der Waals surface area contributed by atoms with Crippen LogP contribution < -0.4 is 5.69 Å². The van der Waals surface area contributed by atoms with Crippen LogP contribution in [-0.4, -0.2) is 54.3 Å². The molecule has 0 spiro atoms. The van der Waals surface area contributed by atoms with Gasteiger partial charge in [0.15, 0.2) is 6.23 Å². The SMILES string of the molecule is C[C@@]1(O)[C@H](O)[C@@H](CO)O[C@H]1n1cnc(=O)nc1. The second kappa shape index (κ2) is 4.15. The first-order chi connectivity index (χ1) is 7.96. The quantitative estimate of drug-likeness (QED) is 0.531. The number of nitrogens with zero attached hydrogens (tertiary/aromatic N) is 3. The maximum Gasteiger partial charge on any atom is 0.369 e. The van der Waals surface area contributed by atoms with Crippen LogP contribution in [0.1, 0.15) is 13.2 Å². The van der Waals surface area contributed by atoms with E-state index >= 15 is 0 Å². The van der Waals surface area contributed by atoms with Gasteiger partial charge in [-0.3, -0.25) is 4.57 Å². The molecule has 0 unspecified atom stereocenters. The van der Waals surface area contributed by atoms with Crippen LogP contribution in [0.15, 0.2) is 17.4 Å². The van der Waals surface area contributed by atoms with Crippen molar-refractivity contribution in [2.24, 2.45) is 0 Å². The Bertz CT molecular complexity index is 440. The molecule has 2 heterocycles. The number of hydrogen-bond acceptors (Lipinski definition) is 7. The van der Waals surface area contributed by atoms with E-state index in [1.807, 2.05) is 0 Å². The Labute approximate surface area is 96.1 Å². The molecule has 0 aromatic carbocycles. The van der Waals surface area contributed by atoms with Crippen LogP contribution >= 0.6 is 0 Å². The lowest BCUT2D eigenvalue weighted by Crippen LogP contribution is -2.44. The summed E-state index contributed by atoms with van der Waals surface area (Å²) in [7, 11) is 0. The van der Waals surface area contributed by atoms with Crippen molar-refractivity contribution in [3.63, 3.8) is 0 Å². The highest BCUT2D eigenvalue weighted by Gasteiger charge is 2.52. The van der Waals surface area contributed by atoms with Crippen LogP contribution in [0.25, 0.3) is 0 Å². The fraction of sp³-hybridized carbons (Fsp3) is 0.667. The smallest absolute Gasteiger partial charge is 0.369 e. The zero-order valence-corrected chi connectivity index (χ0v) is 9.09. The van der Waals surface area contributed by atoms with Gasteiger partial charge in [-0.15, -0.1) is 0 Å². The predicted octanol–water partition coefficient (Wildman–Crippen LogP) is -2.36. The minimum atomic E-state index is -1.61. The predicted molar refractivity (Wildman–Crippen MR) is 53.9 cm³/mol. The average molecular weight is 243 g/mol. The Morgan fingerprint density at radius 1 is 1.53 bits per heavy atom. The van der Waals surface area contributed by atoms with E-state index in [9.17, 15) is 15.0 Å². The zero-order valence-electron chi connectivity index (χ0n) is 9.09. The number of hydrogen-bond donors (Lipinski definition) is 3. The lowest BCUT2D eigenvalue weighted by Gasteiger charge is -2.27. The highest BCUT2D eigenvalue weighted by Crippen LogP contribution is 2.37. The summed E-state index contributed by atoms with van der Waals surface area (Å²) in [5.41, 5.74) is -2.26. The van der Waals surface area contributed by atoms with E-state index in [0.717, 1.165) is 12.7 Å². The van der Waals surface area contributed by atoms with Crippen molar-refractivity contribution < 1.29 is 20.1 Å². The standard InChI is InChI=1S/C9H13N3O5/c1-9(16)6(14)5(2-13)17-7(9)12-3-10-8(15)11-4-12/h3-7,13-14,16H,2H2,1H3/t5-,6-,7-,9-/m1/s1. The Kier molecular flexibility index (Phi) is 2.96. The maximum atomic E-state index is 10.8. The van der Waals surface area contributed by atoms with Gasteiger partial charge in [-0.25, -0.2) is 4.79 Å². The Morgan fingerprint density at radius 3 is 2.59 bits per heavy atom. The molecule has 2 rings (SSSR count). The van der Waals surface area contributed by atoms with Gasteiger partial charge in [-0.2, -0.15) is 9.97 Å². The molecular formula is C9H13N3O5. The number of aromatic nitrogens is 3. The molecule has 1 fully saturated rings. The first kappa shape index (κ1) is 12.1. The summed E-state index contributed by atoms with van der Waals surface area (Å²) < 4.78 is 6.56. The summed E-state index contributed by atoms with van der Waals surface area (Å²) in [5.74, 6) is 0. The second-order valence-corrected chi connectivity index (χ2v) is 4.10. The van der Waals surface area contributed by atoms with Crippen LogP contribution in [0.4, 0.5) is 0 Å². The van der Waals surface area contributed by atoms with Crippen molar-refractivity contribution in [1.29, 1.82) is 0 Å². The third-order valence-corrected chi connectivity index (χ3v) is 2.81. The Balaban J connectivity index is 2.33. The van der Waals surface area contributed by atoms with Crippen LogP contribution in [0.5, 0.6) is 0 Å². The Morgan fingerprint density at radius 2 is 2.12 bits per heavy atom. The van der Waals surface area contributed by atoms with Gasteiger partial charge >= 0.3 is 5.69 Å². The van der Waals surface area contributed by atoms with Crippen molar-refractivity contribution in [3.8, 4) is 0 Å². The van der Waals surface area contributed by atoms with Crippen LogP contribution in [-0.2, 0) is 4.74 Å². The minimum Gasteiger partial charge on any atom is -0.394 e. The first-order valence-corrected chi connectivity index (χ1v) is 5.03. The van der Waals surface area contributed by atoms with E-state index in [1.165, 1.54) is 11.5 Å². The molecule has 1 aromatic heterocycles. The number of aliphatic hydroxyl groups excluding tert-OH is 2. The maximum absolute atomic E-state index is 10.8. The van der Waals surface area contributed by atoms with Crippen LogP contribution in [0.3, 0.4) is 0 Å². The largest absolute Gasteiger partial charge is 0.394 e. The van der Waals surface area contributed by atoms with E-state index in [2.05, 4.69) is 9.97 Å². The number of ether oxygens (including phenoxy) is 1. The van der Waals surface area contributed by atoms with Crippen molar-refractivity contribution in [2.45, 2.75) is 31.0 Å². The van der Waals surface area contributed by atoms with Gasteiger partial charge in [0.1, 0.15) is 30.5 Å². The molecule has 94 valence electrons. The van der Waals surface area contributed by atoms with Gasteiger partial charge in [0, 0.05) is 0 Å². The van der Waals surface area contributed by atoms with E-state index in [-0.39, 0.29) is 0 Å². The van der Waals surface area contributed by atoms with Crippen molar-refractivity contribution >= 4 is 0 Å². The van der Waals surface area contributed by atoms with Gasteiger partial charge in [0.05, 0.1) is 6.61 Å². The molecule has 0 saturated carbocycles. The molecule has 17 heavy (non-hydrogen) atoms. The van der Waals surface area contributed by atoms with Gasteiger partial charge in [-0.05, 0) is 6.92 Å². The summed E-state index contributed by atoms with van der Waals surface area (Å²) >= 11 is 0. The molecule has 1 saturated heterocycles. The fourth-order valence-electron chi connectivity index (χ4n) is 1.83. The highest BCUT2D eigenvalue weighted by molar-refractivity contribution is 4.99. The van der Waals surface area contributed by atoms with Gasteiger partial charge < -0.3 is 20.1 Å². The molecule has 0 bridgehead atoms. The molecule has 1 aliphatic heterocycles. The van der Waals surface area contributed by atoms with Crippen molar-refractivity contribution in [3.05, 3.63) is 23.1 Å². The molecule has 0 radical (unpaired) electrons. The Hall–Kier alpha value is -1.35. The summed E-state index contributed by atoms with van der Waals surface area (Å²) in [6.07, 6.45) is -0.788. The molecular weight excluding hydrogens is 230 g/mol. The monoisotopic (exact) mass is 243 g/mol. The van der Waals surface area contributed by atoms with Gasteiger partial charge in [0.2, 0.25) is 0 Å². The first-order valence-electron chi connectivity index (χ1n) is 5.03. The number of rotatable bonds is 2. The lowest BCUT2D eigenvalue weighted by molar-refractivity contribution is -0.0977. The van der Waals surface area contributed by atoms with E-state index in [4.69, 9.17) is 9.84 Å². The summed E-state index contributed by atoms with van der Waals surface area (Å²) in [6.45, 7) is 0.949. The minimum absolute atomic E-state index is 0.422. The molecule has 3 N–H and O–H groups in total. The molecule has 0 amide bonds. The van der Waals surface area contributed by atoms with Gasteiger partial charge in [0.25, 0.3) is 0 Å². The van der Waals surface area contributed by atoms with Crippen molar-refractivity contribution in [2.75, 3.05) is 6.61 Å². The van der Waals surface area contributed by atoms with Crippen molar-refractivity contribution in [1.82, 2.24) is 14.5 Å². The van der Waals surface area contributed by atoms with Gasteiger partial charge in [-0.1, -0.05) is 0 Å². The van der Waals surface area contributed by atoms with Crippen LogP contribution in [0, 0.1) is 0 Å². The summed E-state index contributed by atoms with van der Waals surface area (Å²) in [5, 5.41) is 28.8. The number of aliphatic hydroxyl groups is 3. The highest BCUT2D eigenvalue weighted by atomic mass is 16.6. The molecule has 1 aromatic rings. The molecule has 1 aliphatic rings. The molecule has 0 aliphatic carbocycles. The molecule has 4 atom stereocenters. The average Bonchev–Trinajstić information content (AvgIpc) is 2.53. The zero-order chi connectivity index (χ0) is 12.6. The van der Waals surface area contributed by atoms with Crippen LogP contribution in [0.2, 0.25) is 0 Å². The second-order valence-electron chi connectivity index (χ2n) is 4.10. The van der Waals surface area contributed by atoms with E-state index in [1.54, 1.807) is 0 Å². The normalized spacial score (nSPS) is 37.3. The summed E-state index contributed by atoms with van der Waals surface area (Å²) in [4.78, 5) is 17.6. The molecule has 8 nitrogen and oxygen atoms in total. The summed E-state index contributed by atoms with van der Waals surface area (Å²) in [6, 6.07) is 0. The third-order valence-electron chi connectivity index (χ3n) is 2.81. The molecule has 8 heteroatoms. The third kappa shape index (κ3) is 1.95. The fourth-order valence-corrected chi connectivity index (χ4v) is 1.83. The topological polar surface area (TPSA) is 118 Å².